The maximum Gasteiger partial charge on any atom is 0.269 e. The topological polar surface area (TPSA) is 96.6 Å². The number of carbonyl (C=O) groups is 1. The van der Waals surface area contributed by atoms with Gasteiger partial charge < -0.3 is 5.32 Å². The predicted octanol–water partition coefficient (Wildman–Crippen LogP) is 3.31. The maximum atomic E-state index is 12.0. The summed E-state index contributed by atoms with van der Waals surface area (Å²) in [6, 6.07) is 12.8. The summed E-state index contributed by atoms with van der Waals surface area (Å²) in [5, 5.41) is 17.5. The average molecular weight is 391 g/mol. The number of hydrogen-bond donors (Lipinski definition) is 2. The van der Waals surface area contributed by atoms with Gasteiger partial charge in [-0.2, -0.15) is 5.10 Å². The van der Waals surface area contributed by atoms with Crippen molar-refractivity contribution < 1.29 is 9.72 Å². The molecule has 0 radical (unpaired) electrons. The van der Waals surface area contributed by atoms with E-state index >= 15 is 0 Å². The lowest BCUT2D eigenvalue weighted by molar-refractivity contribution is -0.384. The molecule has 0 aliphatic heterocycles. The molecule has 0 spiro atoms. The lowest BCUT2D eigenvalue weighted by atomic mass is 10.2. The van der Waals surface area contributed by atoms with Crippen molar-refractivity contribution in [3.8, 4) is 0 Å². The molecule has 0 fully saturated rings. The largest absolute Gasteiger partial charge is 0.374 e. The van der Waals surface area contributed by atoms with Gasteiger partial charge in [0, 0.05) is 22.3 Å². The van der Waals surface area contributed by atoms with Crippen LogP contribution in [0.15, 0.2) is 58.1 Å². The monoisotopic (exact) mass is 390 g/mol. The summed E-state index contributed by atoms with van der Waals surface area (Å²) in [6.45, 7) is 1.72. The van der Waals surface area contributed by atoms with Crippen LogP contribution in [0.2, 0.25) is 0 Å². The van der Waals surface area contributed by atoms with Crippen LogP contribution >= 0.6 is 15.9 Å². The number of anilines is 1. The second-order valence-corrected chi connectivity index (χ2v) is 5.87. The minimum atomic E-state index is -0.474. The summed E-state index contributed by atoms with van der Waals surface area (Å²) in [5.74, 6) is -0.295. The number of benzene rings is 2. The Kier molecular flexibility index (Phi) is 6.02. The van der Waals surface area contributed by atoms with Gasteiger partial charge in [0.1, 0.15) is 6.04 Å². The number of non-ortho nitro benzene ring substituents is 1. The van der Waals surface area contributed by atoms with Crippen LogP contribution < -0.4 is 10.7 Å². The Morgan fingerprint density at radius 3 is 2.42 bits per heavy atom. The normalized spacial score (nSPS) is 11.9. The minimum Gasteiger partial charge on any atom is -0.374 e. The quantitative estimate of drug-likeness (QED) is 0.449. The zero-order valence-corrected chi connectivity index (χ0v) is 14.4. The van der Waals surface area contributed by atoms with Crippen molar-refractivity contribution in [3.05, 3.63) is 68.7 Å². The first kappa shape index (κ1) is 17.6. The number of rotatable bonds is 6. The summed E-state index contributed by atoms with van der Waals surface area (Å²) in [7, 11) is 0. The third kappa shape index (κ3) is 5.17. The summed E-state index contributed by atoms with van der Waals surface area (Å²) >= 11 is 3.35. The molecule has 1 amide bonds. The Morgan fingerprint density at radius 1 is 1.21 bits per heavy atom. The molecule has 8 heteroatoms. The molecule has 1 atom stereocenters. The highest BCUT2D eigenvalue weighted by atomic mass is 79.9. The molecule has 2 N–H and O–H groups in total. The molecular weight excluding hydrogens is 376 g/mol. The third-order valence-electron chi connectivity index (χ3n) is 3.11. The molecule has 0 aromatic heterocycles. The van der Waals surface area contributed by atoms with E-state index in [1.807, 2.05) is 24.3 Å². The van der Waals surface area contributed by atoms with Crippen molar-refractivity contribution in [1.29, 1.82) is 0 Å². The number of nitro groups is 1. The van der Waals surface area contributed by atoms with Gasteiger partial charge >= 0.3 is 0 Å². The lowest BCUT2D eigenvalue weighted by Gasteiger charge is -2.13. The molecule has 2 aromatic carbocycles. The molecule has 0 aliphatic rings. The van der Waals surface area contributed by atoms with E-state index in [0.717, 1.165) is 10.2 Å². The van der Waals surface area contributed by atoms with Crippen molar-refractivity contribution in [2.24, 2.45) is 5.10 Å². The fourth-order valence-electron chi connectivity index (χ4n) is 1.81. The highest BCUT2D eigenvalue weighted by Gasteiger charge is 2.11. The van der Waals surface area contributed by atoms with E-state index in [9.17, 15) is 14.9 Å². The highest BCUT2D eigenvalue weighted by Crippen LogP contribution is 2.15. The van der Waals surface area contributed by atoms with Crippen molar-refractivity contribution in [1.82, 2.24) is 5.43 Å². The van der Waals surface area contributed by atoms with E-state index in [2.05, 4.69) is 31.8 Å². The molecule has 0 saturated carbocycles. The summed E-state index contributed by atoms with van der Waals surface area (Å²) in [6.07, 6.45) is 1.42. The van der Waals surface area contributed by atoms with Crippen LogP contribution in [0.1, 0.15) is 12.5 Å². The van der Waals surface area contributed by atoms with Crippen molar-refractivity contribution >= 4 is 39.4 Å². The molecule has 0 aliphatic carbocycles. The molecule has 1 unspecified atom stereocenters. The Labute approximate surface area is 147 Å². The SMILES string of the molecule is CC(Nc1ccc(Br)cc1)C(=O)NN=Cc1ccc([N+](=O)[O-])cc1. The second kappa shape index (κ2) is 8.21. The number of hydrogen-bond acceptors (Lipinski definition) is 5. The zero-order valence-electron chi connectivity index (χ0n) is 12.8. The van der Waals surface area contributed by atoms with E-state index < -0.39 is 11.0 Å². The van der Waals surface area contributed by atoms with Crippen LogP contribution in [0, 0.1) is 10.1 Å². The Morgan fingerprint density at radius 2 is 1.83 bits per heavy atom. The van der Waals surface area contributed by atoms with Crippen LogP contribution in [0.4, 0.5) is 11.4 Å². The van der Waals surface area contributed by atoms with Crippen LogP contribution in [-0.2, 0) is 4.79 Å². The van der Waals surface area contributed by atoms with Gasteiger partial charge in [0.2, 0.25) is 0 Å². The Hall–Kier alpha value is -2.74. The van der Waals surface area contributed by atoms with Crippen molar-refractivity contribution in [2.45, 2.75) is 13.0 Å². The molecule has 0 bridgehead atoms. The number of carbonyl (C=O) groups excluding carboxylic acids is 1. The van der Waals surface area contributed by atoms with Crippen LogP contribution in [0.25, 0.3) is 0 Å². The van der Waals surface area contributed by atoms with Gasteiger partial charge in [0.25, 0.3) is 11.6 Å². The first-order valence-electron chi connectivity index (χ1n) is 7.05. The number of halogens is 1. The fraction of sp³-hybridized carbons (Fsp3) is 0.125. The van der Waals surface area contributed by atoms with E-state index in [1.165, 1.54) is 18.3 Å². The van der Waals surface area contributed by atoms with Crippen LogP contribution in [0.5, 0.6) is 0 Å². The summed E-state index contributed by atoms with van der Waals surface area (Å²) < 4.78 is 0.956. The number of nitrogens with one attached hydrogen (secondary N) is 2. The van der Waals surface area contributed by atoms with E-state index in [1.54, 1.807) is 19.1 Å². The number of nitrogens with zero attached hydrogens (tertiary/aromatic N) is 2. The first-order valence-corrected chi connectivity index (χ1v) is 7.84. The summed E-state index contributed by atoms with van der Waals surface area (Å²) in [5.41, 5.74) is 3.90. The van der Waals surface area contributed by atoms with Crippen molar-refractivity contribution in [3.63, 3.8) is 0 Å². The fourth-order valence-corrected chi connectivity index (χ4v) is 2.08. The van der Waals surface area contributed by atoms with Gasteiger partial charge in [-0.25, -0.2) is 5.43 Å². The molecule has 0 heterocycles. The molecule has 0 saturated heterocycles. The number of amides is 1. The molecular formula is C16H15BrN4O3. The Balaban J connectivity index is 1.87. The Bertz CT molecular complexity index is 745. The van der Waals surface area contributed by atoms with Gasteiger partial charge in [0.05, 0.1) is 11.1 Å². The van der Waals surface area contributed by atoms with Gasteiger partial charge in [0.15, 0.2) is 0 Å². The maximum absolute atomic E-state index is 12.0. The summed E-state index contributed by atoms with van der Waals surface area (Å²) in [4.78, 5) is 22.1. The van der Waals surface area contributed by atoms with E-state index in [4.69, 9.17) is 0 Å². The third-order valence-corrected chi connectivity index (χ3v) is 3.64. The smallest absolute Gasteiger partial charge is 0.269 e. The van der Waals surface area contributed by atoms with Crippen LogP contribution in [0.3, 0.4) is 0 Å². The standard InChI is InChI=1S/C16H15BrN4O3/c1-11(19-14-6-4-13(17)5-7-14)16(22)20-18-10-12-2-8-15(9-3-12)21(23)24/h2-11,19H,1H3,(H,20,22). The highest BCUT2D eigenvalue weighted by molar-refractivity contribution is 9.10. The van der Waals surface area contributed by atoms with Gasteiger partial charge in [-0.15, -0.1) is 0 Å². The van der Waals surface area contributed by atoms with Gasteiger partial charge in [-0.05, 0) is 48.9 Å². The van der Waals surface area contributed by atoms with Gasteiger partial charge in [-0.3, -0.25) is 14.9 Å². The molecule has 2 aromatic rings. The van der Waals surface area contributed by atoms with E-state index in [0.29, 0.717) is 5.56 Å². The second-order valence-electron chi connectivity index (χ2n) is 4.96. The lowest BCUT2D eigenvalue weighted by Crippen LogP contribution is -2.34. The zero-order chi connectivity index (χ0) is 17.5. The van der Waals surface area contributed by atoms with Crippen molar-refractivity contribution in [2.75, 3.05) is 5.32 Å². The minimum absolute atomic E-state index is 0.00325. The first-order chi connectivity index (χ1) is 11.5. The van der Waals surface area contributed by atoms with Crippen LogP contribution in [-0.4, -0.2) is 23.1 Å². The predicted molar refractivity (Wildman–Crippen MR) is 96.1 cm³/mol. The van der Waals surface area contributed by atoms with E-state index in [-0.39, 0.29) is 11.6 Å². The molecule has 124 valence electrons. The molecule has 24 heavy (non-hydrogen) atoms. The number of nitro benzene ring substituents is 1. The molecule has 2 rings (SSSR count). The number of hydrazone groups is 1. The average Bonchev–Trinajstić information content (AvgIpc) is 2.57. The molecule has 7 nitrogen and oxygen atoms in total. The van der Waals surface area contributed by atoms with Gasteiger partial charge in [-0.1, -0.05) is 15.9 Å².